The van der Waals surface area contributed by atoms with Gasteiger partial charge < -0.3 is 15.1 Å². The zero-order chi connectivity index (χ0) is 23.0. The molecule has 0 spiro atoms. The van der Waals surface area contributed by atoms with Crippen molar-refractivity contribution in [1.29, 1.82) is 0 Å². The lowest BCUT2D eigenvalue weighted by molar-refractivity contribution is -0.128. The Balaban J connectivity index is 1.81. The van der Waals surface area contributed by atoms with Crippen LogP contribution in [0.4, 0.5) is 0 Å². The number of halogens is 1. The summed E-state index contributed by atoms with van der Waals surface area (Å²) in [6.07, 6.45) is 10.5. The lowest BCUT2D eigenvalue weighted by atomic mass is 9.90. The van der Waals surface area contributed by atoms with Crippen molar-refractivity contribution in [2.75, 3.05) is 14.1 Å². The molecule has 0 aliphatic heterocycles. The van der Waals surface area contributed by atoms with E-state index in [2.05, 4.69) is 28.9 Å². The minimum atomic E-state index is -0.692. The molecule has 0 radical (unpaired) electrons. The van der Waals surface area contributed by atoms with Crippen LogP contribution in [0.25, 0.3) is 0 Å². The molecule has 1 fully saturated rings. The van der Waals surface area contributed by atoms with E-state index in [4.69, 9.17) is 0 Å². The number of aryl methyl sites for hydroxylation is 2. The second-order valence-corrected chi connectivity index (χ2v) is 10.9. The third-order valence-electron chi connectivity index (χ3n) is 5.70. The predicted molar refractivity (Wildman–Crippen MR) is 129 cm³/mol. The molecule has 1 aliphatic rings. The first kappa shape index (κ1) is 26.0. The second-order valence-electron chi connectivity index (χ2n) is 8.47. The van der Waals surface area contributed by atoms with Crippen LogP contribution in [0.2, 0.25) is 0 Å². The molecule has 1 heterocycles. The number of aliphatic hydroxyl groups excluding tert-OH is 2. The molecule has 1 saturated carbocycles. The van der Waals surface area contributed by atoms with E-state index in [1.807, 2.05) is 18.2 Å². The molecule has 4 atom stereocenters. The van der Waals surface area contributed by atoms with Gasteiger partial charge in [-0.1, -0.05) is 24.3 Å². The maximum atomic E-state index is 12.3. The van der Waals surface area contributed by atoms with Crippen molar-refractivity contribution in [2.24, 2.45) is 11.8 Å². The standard InChI is InChI=1S/C24H34BrNO4S/c1-16-14-18(31-24(16)25)12-10-17(27)11-13-20-19(21(28)15-22(20)29)8-6-4-5-7-9-23(30)26(2)3/h4,6,11,13-14,17,19-20,22,27,29H,5,7-10,12,15H2,1-3H3/b6-4-,13-11+/t17-,19+,20+,22+/m0/s1. The van der Waals surface area contributed by atoms with Crippen LogP contribution in [-0.2, 0) is 16.0 Å². The Kier molecular flexibility index (Phi) is 10.6. The number of ketones is 1. The van der Waals surface area contributed by atoms with Crippen LogP contribution in [0.3, 0.4) is 0 Å². The molecule has 0 unspecified atom stereocenters. The van der Waals surface area contributed by atoms with Gasteiger partial charge in [-0.05, 0) is 66.6 Å². The first-order valence-electron chi connectivity index (χ1n) is 10.9. The molecule has 1 aromatic rings. The van der Waals surface area contributed by atoms with Crippen LogP contribution >= 0.6 is 27.3 Å². The number of aliphatic hydroxyl groups is 2. The Hall–Kier alpha value is -1.28. The van der Waals surface area contributed by atoms with Gasteiger partial charge in [0.25, 0.3) is 0 Å². The van der Waals surface area contributed by atoms with Crippen molar-refractivity contribution in [3.05, 3.63) is 44.6 Å². The van der Waals surface area contributed by atoms with Gasteiger partial charge in [0.2, 0.25) is 5.91 Å². The lowest BCUT2D eigenvalue weighted by Gasteiger charge is -2.16. The van der Waals surface area contributed by atoms with Crippen molar-refractivity contribution in [1.82, 2.24) is 4.90 Å². The van der Waals surface area contributed by atoms with Crippen molar-refractivity contribution < 1.29 is 19.8 Å². The Morgan fingerprint density at radius 3 is 2.77 bits per heavy atom. The third kappa shape index (κ3) is 8.29. The smallest absolute Gasteiger partial charge is 0.222 e. The summed E-state index contributed by atoms with van der Waals surface area (Å²) in [5.74, 6) is -0.328. The minimum Gasteiger partial charge on any atom is -0.392 e. The van der Waals surface area contributed by atoms with E-state index in [1.54, 1.807) is 36.4 Å². The van der Waals surface area contributed by atoms with Crippen LogP contribution < -0.4 is 0 Å². The summed E-state index contributed by atoms with van der Waals surface area (Å²) in [5, 5.41) is 20.7. The summed E-state index contributed by atoms with van der Waals surface area (Å²) >= 11 is 5.21. The Morgan fingerprint density at radius 1 is 1.39 bits per heavy atom. The number of carbonyl (C=O) groups is 2. The molecule has 5 nitrogen and oxygen atoms in total. The van der Waals surface area contributed by atoms with Crippen molar-refractivity contribution in [3.8, 4) is 0 Å². The van der Waals surface area contributed by atoms with E-state index in [1.165, 1.54) is 10.4 Å². The van der Waals surface area contributed by atoms with Gasteiger partial charge in [-0.25, -0.2) is 0 Å². The van der Waals surface area contributed by atoms with Crippen LogP contribution in [-0.4, -0.2) is 53.1 Å². The second kappa shape index (κ2) is 12.7. The molecule has 1 aliphatic carbocycles. The summed E-state index contributed by atoms with van der Waals surface area (Å²) < 4.78 is 1.13. The number of amides is 1. The molecule has 172 valence electrons. The molecular weight excluding hydrogens is 478 g/mol. The highest BCUT2D eigenvalue weighted by Gasteiger charge is 2.39. The van der Waals surface area contributed by atoms with Crippen LogP contribution in [0.5, 0.6) is 0 Å². The molecular formula is C24H34BrNO4S. The van der Waals surface area contributed by atoms with Crippen LogP contribution in [0.1, 0.15) is 49.0 Å². The maximum absolute atomic E-state index is 12.3. The molecule has 0 saturated heterocycles. The highest BCUT2D eigenvalue weighted by Crippen LogP contribution is 2.33. The molecule has 0 bridgehead atoms. The predicted octanol–water partition coefficient (Wildman–Crippen LogP) is 4.44. The van der Waals surface area contributed by atoms with E-state index in [0.717, 1.165) is 23.0 Å². The summed E-state index contributed by atoms with van der Waals surface area (Å²) in [4.78, 5) is 26.7. The highest BCUT2D eigenvalue weighted by atomic mass is 79.9. The van der Waals surface area contributed by atoms with Crippen LogP contribution in [0.15, 0.2) is 34.2 Å². The van der Waals surface area contributed by atoms with Gasteiger partial charge in [-0.15, -0.1) is 11.3 Å². The topological polar surface area (TPSA) is 77.8 Å². The zero-order valence-electron chi connectivity index (χ0n) is 18.6. The number of thiophene rings is 1. The fourth-order valence-corrected chi connectivity index (χ4v) is 5.42. The number of hydrogen-bond donors (Lipinski definition) is 2. The first-order chi connectivity index (χ1) is 14.7. The van der Waals surface area contributed by atoms with Gasteiger partial charge >= 0.3 is 0 Å². The maximum Gasteiger partial charge on any atom is 0.222 e. The number of Topliss-reactive ketones (excluding diaryl/α,β-unsaturated/α-hetero) is 1. The minimum absolute atomic E-state index is 0.0722. The van der Waals surface area contributed by atoms with E-state index in [9.17, 15) is 19.8 Å². The first-order valence-corrected chi connectivity index (χ1v) is 12.5. The normalized spacial score (nSPS) is 22.6. The quantitative estimate of drug-likeness (QED) is 0.340. The summed E-state index contributed by atoms with van der Waals surface area (Å²) in [5.41, 5.74) is 1.21. The number of unbranched alkanes of at least 4 members (excludes halogenated alkanes) is 1. The van der Waals surface area contributed by atoms with Crippen molar-refractivity contribution >= 4 is 39.0 Å². The number of rotatable bonds is 11. The van der Waals surface area contributed by atoms with Crippen molar-refractivity contribution in [2.45, 2.75) is 64.1 Å². The van der Waals surface area contributed by atoms with Gasteiger partial charge in [0.15, 0.2) is 0 Å². The van der Waals surface area contributed by atoms with E-state index in [0.29, 0.717) is 19.3 Å². The summed E-state index contributed by atoms with van der Waals surface area (Å²) in [6.45, 7) is 2.05. The number of hydrogen-bond acceptors (Lipinski definition) is 5. The lowest BCUT2D eigenvalue weighted by Crippen LogP contribution is -2.20. The van der Waals surface area contributed by atoms with E-state index in [-0.39, 0.29) is 29.9 Å². The Morgan fingerprint density at radius 2 is 2.13 bits per heavy atom. The molecule has 2 N–H and O–H groups in total. The summed E-state index contributed by atoms with van der Waals surface area (Å²) in [7, 11) is 3.50. The highest BCUT2D eigenvalue weighted by molar-refractivity contribution is 9.11. The average molecular weight is 513 g/mol. The number of allylic oxidation sites excluding steroid dienone is 2. The monoisotopic (exact) mass is 511 g/mol. The van der Waals surface area contributed by atoms with Gasteiger partial charge in [-0.2, -0.15) is 0 Å². The van der Waals surface area contributed by atoms with Crippen LogP contribution in [0, 0.1) is 18.8 Å². The third-order valence-corrected chi connectivity index (χ3v) is 7.90. The average Bonchev–Trinajstić information content (AvgIpc) is 3.17. The van der Waals surface area contributed by atoms with E-state index < -0.39 is 12.2 Å². The van der Waals surface area contributed by atoms with Gasteiger partial charge in [0.1, 0.15) is 5.78 Å². The fraction of sp³-hybridized carbons (Fsp3) is 0.583. The Bertz CT molecular complexity index is 782. The van der Waals surface area contributed by atoms with E-state index >= 15 is 0 Å². The fourth-order valence-electron chi connectivity index (χ4n) is 3.77. The number of carbonyl (C=O) groups excluding carboxylic acids is 2. The SMILES string of the molecule is Cc1cc(CC[C@H](O)/C=C/[C@H]2[C@H](O)CC(=O)[C@@H]2C/C=C\CCCC(=O)N(C)C)sc1Br. The van der Waals surface area contributed by atoms with Gasteiger partial charge in [0.05, 0.1) is 16.0 Å². The van der Waals surface area contributed by atoms with Crippen molar-refractivity contribution in [3.63, 3.8) is 0 Å². The Labute approximate surface area is 198 Å². The van der Waals surface area contributed by atoms with Gasteiger partial charge in [0, 0.05) is 43.6 Å². The van der Waals surface area contributed by atoms with Gasteiger partial charge in [-0.3, -0.25) is 9.59 Å². The molecule has 1 amide bonds. The molecule has 0 aromatic carbocycles. The number of nitrogens with zero attached hydrogens (tertiary/aromatic N) is 1. The zero-order valence-corrected chi connectivity index (χ0v) is 21.0. The molecule has 7 heteroatoms. The largest absolute Gasteiger partial charge is 0.392 e. The molecule has 2 rings (SSSR count). The summed E-state index contributed by atoms with van der Waals surface area (Å²) in [6, 6.07) is 2.13. The molecule has 31 heavy (non-hydrogen) atoms. The molecule has 1 aromatic heterocycles.